The van der Waals surface area contributed by atoms with Gasteiger partial charge >= 0.3 is 0 Å². The normalized spacial score (nSPS) is 18.1. The van der Waals surface area contributed by atoms with Gasteiger partial charge in [0.15, 0.2) is 5.82 Å². The molecule has 0 spiro atoms. The third-order valence-electron chi connectivity index (χ3n) is 5.25. The molecule has 0 radical (unpaired) electrons. The summed E-state index contributed by atoms with van der Waals surface area (Å²) in [6.07, 6.45) is 1.59. The molecule has 2 aliphatic rings. The third-order valence-corrected chi connectivity index (χ3v) is 7.53. The summed E-state index contributed by atoms with van der Waals surface area (Å²) in [5.41, 5.74) is 1.53. The van der Waals surface area contributed by atoms with Crippen molar-refractivity contribution in [3.05, 3.63) is 36.7 Å². The topological polar surface area (TPSA) is 87.1 Å². The molecule has 2 saturated heterocycles. The monoisotopic (exact) mass is 441 g/mol. The Morgan fingerprint density at radius 2 is 1.67 bits per heavy atom. The summed E-state index contributed by atoms with van der Waals surface area (Å²) in [4.78, 5) is 24.5. The van der Waals surface area contributed by atoms with Gasteiger partial charge in [-0.15, -0.1) is 0 Å². The van der Waals surface area contributed by atoms with E-state index in [2.05, 4.69) is 37.2 Å². The Bertz CT molecular complexity index is 1050. The molecular weight excluding hydrogens is 418 g/mol. The SMILES string of the molecule is O=S1CCN(c2nc(N3CCNCC3)nc3c(Sc4ccccc4)ncnc23)CC1. The molecule has 0 saturated carbocycles. The van der Waals surface area contributed by atoms with E-state index in [9.17, 15) is 4.21 Å². The van der Waals surface area contributed by atoms with Gasteiger partial charge in [0.2, 0.25) is 5.95 Å². The van der Waals surface area contributed by atoms with Crippen LogP contribution in [0.5, 0.6) is 0 Å². The lowest BCUT2D eigenvalue weighted by Crippen LogP contribution is -2.44. The maximum Gasteiger partial charge on any atom is 0.228 e. The van der Waals surface area contributed by atoms with Crippen molar-refractivity contribution in [3.63, 3.8) is 0 Å². The molecular formula is C20H23N7OS2. The predicted octanol–water partition coefficient (Wildman–Crippen LogP) is 1.55. The van der Waals surface area contributed by atoms with Gasteiger partial charge in [0.1, 0.15) is 22.4 Å². The van der Waals surface area contributed by atoms with Crippen LogP contribution in [0.1, 0.15) is 0 Å². The fourth-order valence-electron chi connectivity index (χ4n) is 3.65. The zero-order chi connectivity index (χ0) is 20.3. The number of piperazine rings is 1. The molecule has 0 bridgehead atoms. The first-order valence-electron chi connectivity index (χ1n) is 10.1. The van der Waals surface area contributed by atoms with Crippen molar-refractivity contribution in [1.29, 1.82) is 0 Å². The molecule has 0 amide bonds. The number of aromatic nitrogens is 4. The van der Waals surface area contributed by atoms with Gasteiger partial charge in [0.25, 0.3) is 0 Å². The molecule has 156 valence electrons. The molecule has 5 rings (SSSR count). The van der Waals surface area contributed by atoms with Crippen LogP contribution >= 0.6 is 11.8 Å². The van der Waals surface area contributed by atoms with Gasteiger partial charge in [-0.05, 0) is 12.1 Å². The summed E-state index contributed by atoms with van der Waals surface area (Å²) in [7, 11) is -0.750. The standard InChI is InChI=1S/C20H23N7OS2/c28-30-12-10-26(11-13-30)18-16-17(24-20(25-18)27-8-6-21-7-9-27)19(23-14-22-16)29-15-4-2-1-3-5-15/h1-5,14,21H,6-13H2. The van der Waals surface area contributed by atoms with E-state index in [0.29, 0.717) is 24.6 Å². The summed E-state index contributed by atoms with van der Waals surface area (Å²) >= 11 is 1.59. The fraction of sp³-hybridized carbons (Fsp3) is 0.400. The van der Waals surface area contributed by atoms with Gasteiger partial charge in [0.05, 0.1) is 0 Å². The Balaban J connectivity index is 1.61. The summed E-state index contributed by atoms with van der Waals surface area (Å²) in [6.45, 7) is 4.98. The van der Waals surface area contributed by atoms with E-state index in [1.54, 1.807) is 18.1 Å². The molecule has 2 aliphatic heterocycles. The summed E-state index contributed by atoms with van der Waals surface area (Å²) < 4.78 is 11.9. The van der Waals surface area contributed by atoms with Crippen LogP contribution in [0.4, 0.5) is 11.8 Å². The number of fused-ring (bicyclic) bond motifs is 1. The van der Waals surface area contributed by atoms with Gasteiger partial charge in [-0.2, -0.15) is 4.98 Å². The Labute approximate surface area is 182 Å². The maximum absolute atomic E-state index is 11.9. The average Bonchev–Trinajstić information content (AvgIpc) is 2.80. The molecule has 4 heterocycles. The van der Waals surface area contributed by atoms with Gasteiger partial charge in [0, 0.05) is 66.5 Å². The van der Waals surface area contributed by atoms with E-state index in [1.165, 1.54) is 0 Å². The Kier molecular flexibility index (Phi) is 5.78. The highest BCUT2D eigenvalue weighted by Crippen LogP contribution is 2.34. The maximum atomic E-state index is 11.9. The molecule has 1 N–H and O–H groups in total. The smallest absolute Gasteiger partial charge is 0.228 e. The van der Waals surface area contributed by atoms with Crippen molar-refractivity contribution >= 4 is 45.4 Å². The first kappa shape index (κ1) is 19.7. The zero-order valence-electron chi connectivity index (χ0n) is 16.5. The minimum atomic E-state index is -0.750. The molecule has 30 heavy (non-hydrogen) atoms. The minimum absolute atomic E-state index is 0.658. The summed E-state index contributed by atoms with van der Waals surface area (Å²) in [6, 6.07) is 10.2. The lowest BCUT2D eigenvalue weighted by Gasteiger charge is -2.31. The second-order valence-corrected chi connectivity index (χ2v) is 9.97. The lowest BCUT2D eigenvalue weighted by atomic mass is 10.3. The van der Waals surface area contributed by atoms with Crippen LogP contribution in [0.3, 0.4) is 0 Å². The molecule has 10 heteroatoms. The number of anilines is 2. The van der Waals surface area contributed by atoms with Crippen molar-refractivity contribution in [2.75, 3.05) is 60.6 Å². The zero-order valence-corrected chi connectivity index (χ0v) is 18.2. The van der Waals surface area contributed by atoms with Gasteiger partial charge < -0.3 is 15.1 Å². The van der Waals surface area contributed by atoms with Crippen LogP contribution in [-0.4, -0.2) is 74.9 Å². The molecule has 3 aromatic rings. The number of hydrogen-bond donors (Lipinski definition) is 1. The van der Waals surface area contributed by atoms with Crippen molar-refractivity contribution in [2.45, 2.75) is 9.92 Å². The van der Waals surface area contributed by atoms with E-state index in [4.69, 9.17) is 9.97 Å². The Morgan fingerprint density at radius 1 is 0.900 bits per heavy atom. The van der Waals surface area contributed by atoms with Crippen LogP contribution in [0.2, 0.25) is 0 Å². The lowest BCUT2D eigenvalue weighted by molar-refractivity contribution is 0.580. The van der Waals surface area contributed by atoms with Crippen LogP contribution in [0.15, 0.2) is 46.6 Å². The second kappa shape index (κ2) is 8.83. The highest BCUT2D eigenvalue weighted by atomic mass is 32.2. The van der Waals surface area contributed by atoms with Crippen molar-refractivity contribution < 1.29 is 4.21 Å². The first-order chi connectivity index (χ1) is 14.8. The van der Waals surface area contributed by atoms with Gasteiger partial charge in [-0.3, -0.25) is 4.21 Å². The first-order valence-corrected chi connectivity index (χ1v) is 12.4. The molecule has 0 aliphatic carbocycles. The van der Waals surface area contributed by atoms with E-state index < -0.39 is 10.8 Å². The minimum Gasteiger partial charge on any atom is -0.353 e. The summed E-state index contributed by atoms with van der Waals surface area (Å²) in [5, 5.41) is 4.20. The highest BCUT2D eigenvalue weighted by Gasteiger charge is 2.24. The molecule has 0 unspecified atom stereocenters. The largest absolute Gasteiger partial charge is 0.353 e. The Hall–Kier alpha value is -2.30. The van der Waals surface area contributed by atoms with Crippen molar-refractivity contribution in [2.24, 2.45) is 0 Å². The molecule has 0 atom stereocenters. The predicted molar refractivity (Wildman–Crippen MR) is 121 cm³/mol. The van der Waals surface area contributed by atoms with Crippen molar-refractivity contribution in [3.8, 4) is 0 Å². The summed E-state index contributed by atoms with van der Waals surface area (Å²) in [5.74, 6) is 2.86. The highest BCUT2D eigenvalue weighted by molar-refractivity contribution is 7.99. The number of nitrogens with one attached hydrogen (secondary N) is 1. The van der Waals surface area contributed by atoms with Gasteiger partial charge in [-0.25, -0.2) is 15.0 Å². The number of hydrogen-bond acceptors (Lipinski definition) is 9. The molecule has 2 fully saturated rings. The molecule has 1 aromatic carbocycles. The van der Waals surface area contributed by atoms with E-state index in [-0.39, 0.29) is 0 Å². The molecule has 8 nitrogen and oxygen atoms in total. The quantitative estimate of drug-likeness (QED) is 0.606. The van der Waals surface area contributed by atoms with Crippen LogP contribution in [-0.2, 0) is 10.8 Å². The van der Waals surface area contributed by atoms with E-state index in [0.717, 1.165) is 58.9 Å². The van der Waals surface area contributed by atoms with Crippen LogP contribution < -0.4 is 15.1 Å². The number of nitrogens with zero attached hydrogens (tertiary/aromatic N) is 6. The van der Waals surface area contributed by atoms with E-state index >= 15 is 0 Å². The second-order valence-electron chi connectivity index (χ2n) is 7.21. The van der Waals surface area contributed by atoms with Crippen LogP contribution in [0.25, 0.3) is 11.0 Å². The fourth-order valence-corrected chi connectivity index (χ4v) is 5.56. The van der Waals surface area contributed by atoms with E-state index in [1.807, 2.05) is 18.2 Å². The average molecular weight is 442 g/mol. The van der Waals surface area contributed by atoms with Crippen LogP contribution in [0, 0.1) is 0 Å². The third kappa shape index (κ3) is 4.12. The molecule has 2 aromatic heterocycles. The number of benzene rings is 1. The Morgan fingerprint density at radius 3 is 2.43 bits per heavy atom. The van der Waals surface area contributed by atoms with Crippen molar-refractivity contribution in [1.82, 2.24) is 25.3 Å². The van der Waals surface area contributed by atoms with Gasteiger partial charge in [-0.1, -0.05) is 30.0 Å². The number of rotatable bonds is 4.